The van der Waals surface area contributed by atoms with E-state index in [0.717, 1.165) is 16.4 Å². The van der Waals surface area contributed by atoms with Gasteiger partial charge in [-0.25, -0.2) is 22.2 Å². The highest BCUT2D eigenvalue weighted by atomic mass is 32.2. The molecule has 10 nitrogen and oxygen atoms in total. The molecule has 2 N–H and O–H groups in total. The molecule has 1 fully saturated rings. The van der Waals surface area contributed by atoms with Crippen molar-refractivity contribution >= 4 is 38.6 Å². The number of nitrogens with zero attached hydrogens (tertiary/aromatic N) is 2. The molecule has 0 radical (unpaired) electrons. The van der Waals surface area contributed by atoms with Crippen molar-refractivity contribution in [3.8, 4) is 0 Å². The van der Waals surface area contributed by atoms with Crippen LogP contribution in [0.25, 0.3) is 11.0 Å². The molecule has 2 amide bonds. The van der Waals surface area contributed by atoms with Crippen LogP contribution < -0.4 is 10.6 Å². The van der Waals surface area contributed by atoms with Gasteiger partial charge in [0.15, 0.2) is 28.2 Å². The Morgan fingerprint density at radius 1 is 1.18 bits per heavy atom. The minimum absolute atomic E-state index is 0.0243. The number of aromatic nitrogens is 1. The number of nitrogens with one attached hydrogen (secondary N) is 2. The summed E-state index contributed by atoms with van der Waals surface area (Å²) in [5.41, 5.74) is -0.0295. The number of hydrogen-bond donors (Lipinski definition) is 2. The third kappa shape index (κ3) is 6.48. The first-order valence-corrected chi connectivity index (χ1v) is 13.8. The lowest BCUT2D eigenvalue weighted by Gasteiger charge is -2.23. The normalized spacial score (nSPS) is 17.7. The molecule has 2 atom stereocenters. The first-order valence-electron chi connectivity index (χ1n) is 12.4. The van der Waals surface area contributed by atoms with Gasteiger partial charge in [0.25, 0.3) is 15.9 Å². The Balaban J connectivity index is 1.45. The average molecular weight is 563 g/mol. The lowest BCUT2D eigenvalue weighted by Crippen LogP contribution is -2.52. The second-order valence-electron chi connectivity index (χ2n) is 9.75. The molecule has 13 heteroatoms. The zero-order chi connectivity index (χ0) is 28.3. The van der Waals surface area contributed by atoms with Crippen molar-refractivity contribution in [2.45, 2.75) is 50.2 Å². The van der Waals surface area contributed by atoms with Crippen LogP contribution in [0.3, 0.4) is 0 Å². The molecule has 2 aromatic heterocycles. The molecule has 3 aromatic rings. The van der Waals surface area contributed by atoms with Crippen molar-refractivity contribution in [1.82, 2.24) is 19.9 Å². The van der Waals surface area contributed by atoms with E-state index in [1.54, 1.807) is 6.07 Å². The highest BCUT2D eigenvalue weighted by molar-refractivity contribution is 7.89. The number of sulfonamides is 1. The van der Waals surface area contributed by atoms with E-state index in [1.807, 2.05) is 13.8 Å². The van der Waals surface area contributed by atoms with E-state index < -0.39 is 57.9 Å². The van der Waals surface area contributed by atoms with Gasteiger partial charge in [0.2, 0.25) is 5.91 Å². The van der Waals surface area contributed by atoms with Gasteiger partial charge in [-0.1, -0.05) is 19.9 Å². The quantitative estimate of drug-likeness (QED) is 0.431. The number of Topliss-reactive ketones (excluding diaryl/α,β-unsaturated/α-hetero) is 1. The van der Waals surface area contributed by atoms with Crippen molar-refractivity contribution < 1.29 is 36.0 Å². The van der Waals surface area contributed by atoms with Crippen LogP contribution in [0.15, 0.2) is 52.0 Å². The number of pyridine rings is 1. The van der Waals surface area contributed by atoms with Gasteiger partial charge in [-0.3, -0.25) is 14.4 Å². The summed E-state index contributed by atoms with van der Waals surface area (Å²) >= 11 is 0. The molecule has 1 saturated heterocycles. The number of carbonyl (C=O) groups is 3. The Bertz CT molecular complexity index is 1450. The van der Waals surface area contributed by atoms with Crippen LogP contribution >= 0.6 is 0 Å². The Hall–Kier alpha value is -3.71. The van der Waals surface area contributed by atoms with E-state index in [-0.39, 0.29) is 47.1 Å². The molecule has 1 aliphatic rings. The number of fused-ring (bicyclic) bond motifs is 1. The third-order valence-corrected chi connectivity index (χ3v) is 8.05. The van der Waals surface area contributed by atoms with E-state index in [4.69, 9.17) is 4.42 Å². The van der Waals surface area contributed by atoms with Crippen LogP contribution in [-0.2, 0) is 19.6 Å². The summed E-state index contributed by atoms with van der Waals surface area (Å²) in [4.78, 5) is 42.9. The fourth-order valence-electron chi connectivity index (χ4n) is 4.34. The topological polar surface area (TPSA) is 139 Å². The lowest BCUT2D eigenvalue weighted by molar-refractivity contribution is -0.129. The van der Waals surface area contributed by atoms with Crippen LogP contribution in [0, 0.1) is 17.6 Å². The van der Waals surface area contributed by atoms with Crippen LogP contribution in [0.2, 0.25) is 0 Å². The van der Waals surface area contributed by atoms with Gasteiger partial charge in [0, 0.05) is 24.2 Å². The predicted molar refractivity (Wildman–Crippen MR) is 136 cm³/mol. The molecule has 39 heavy (non-hydrogen) atoms. The van der Waals surface area contributed by atoms with E-state index in [1.165, 1.54) is 24.4 Å². The van der Waals surface area contributed by atoms with E-state index in [0.29, 0.717) is 6.42 Å². The Morgan fingerprint density at radius 3 is 2.62 bits per heavy atom. The van der Waals surface area contributed by atoms with Gasteiger partial charge in [-0.2, -0.15) is 4.31 Å². The van der Waals surface area contributed by atoms with Gasteiger partial charge in [0.1, 0.15) is 11.6 Å². The summed E-state index contributed by atoms with van der Waals surface area (Å²) in [5.74, 6) is -4.36. The minimum atomic E-state index is -3.99. The Kier molecular flexibility index (Phi) is 8.40. The monoisotopic (exact) mass is 562 g/mol. The van der Waals surface area contributed by atoms with Gasteiger partial charge in [-0.15, -0.1) is 0 Å². The molecule has 0 spiro atoms. The summed E-state index contributed by atoms with van der Waals surface area (Å²) < 4.78 is 59.3. The number of halogens is 2. The first kappa shape index (κ1) is 28.3. The zero-order valence-corrected chi connectivity index (χ0v) is 22.1. The number of amides is 2. The molecular weight excluding hydrogens is 534 g/mol. The summed E-state index contributed by atoms with van der Waals surface area (Å²) in [6, 6.07) is 5.42. The minimum Gasteiger partial charge on any atom is -0.451 e. The van der Waals surface area contributed by atoms with Crippen molar-refractivity contribution in [1.29, 1.82) is 0 Å². The predicted octanol–water partition coefficient (Wildman–Crippen LogP) is 2.79. The van der Waals surface area contributed by atoms with Crippen LogP contribution in [-0.4, -0.2) is 60.5 Å². The van der Waals surface area contributed by atoms with Crippen molar-refractivity contribution in [3.05, 3.63) is 60.0 Å². The Morgan fingerprint density at radius 2 is 1.92 bits per heavy atom. The largest absolute Gasteiger partial charge is 0.451 e. The van der Waals surface area contributed by atoms with Crippen molar-refractivity contribution in [3.63, 3.8) is 0 Å². The molecule has 0 saturated carbocycles. The number of hydrogen-bond acceptors (Lipinski definition) is 7. The van der Waals surface area contributed by atoms with Crippen LogP contribution in [0.1, 0.15) is 43.7 Å². The summed E-state index contributed by atoms with van der Waals surface area (Å²) in [6.45, 7) is 3.33. The number of benzene rings is 1. The second-order valence-corrected chi connectivity index (χ2v) is 11.6. The van der Waals surface area contributed by atoms with E-state index in [9.17, 15) is 31.6 Å². The smallest absolute Gasteiger partial charge is 0.287 e. The van der Waals surface area contributed by atoms with Crippen molar-refractivity contribution in [2.24, 2.45) is 5.92 Å². The van der Waals surface area contributed by atoms with E-state index in [2.05, 4.69) is 15.6 Å². The molecule has 1 unspecified atom stereocenters. The van der Waals surface area contributed by atoms with Gasteiger partial charge in [0.05, 0.1) is 12.6 Å². The maximum atomic E-state index is 13.5. The summed E-state index contributed by atoms with van der Waals surface area (Å²) in [7, 11) is -3.99. The maximum absolute atomic E-state index is 13.5. The lowest BCUT2D eigenvalue weighted by atomic mass is 10.0. The SMILES string of the molecule is CC(C)C[C@H](NC(=O)c1cc2cc(F)c(F)cc2o1)C(=O)NC1CCCN(S(=O)(=O)c2ccccn2)CC1=O. The molecule has 0 aliphatic carbocycles. The van der Waals surface area contributed by atoms with Crippen LogP contribution in [0.5, 0.6) is 0 Å². The molecule has 3 heterocycles. The van der Waals surface area contributed by atoms with Crippen LogP contribution in [0.4, 0.5) is 8.78 Å². The van der Waals surface area contributed by atoms with Gasteiger partial charge in [-0.05, 0) is 49.4 Å². The average Bonchev–Trinajstić information content (AvgIpc) is 3.20. The fourth-order valence-corrected chi connectivity index (χ4v) is 5.71. The highest BCUT2D eigenvalue weighted by Crippen LogP contribution is 2.23. The molecule has 1 aromatic carbocycles. The third-order valence-electron chi connectivity index (χ3n) is 6.29. The zero-order valence-electron chi connectivity index (χ0n) is 21.3. The van der Waals surface area contributed by atoms with Crippen molar-refractivity contribution in [2.75, 3.05) is 13.1 Å². The standard InChI is InChI=1S/C26H28F2N4O6S/c1-15(2)10-20(31-26(35)23-12-16-11-17(27)18(28)13-22(16)38-23)25(34)30-19-6-5-9-32(14-21(19)33)39(36,37)24-7-3-4-8-29-24/h3-4,7-8,11-13,15,19-20H,5-6,9-10,14H2,1-2H3,(H,30,34)(H,31,35)/t19?,20-/m0/s1. The molecule has 0 bridgehead atoms. The second kappa shape index (κ2) is 11.6. The number of ketones is 1. The number of carbonyl (C=O) groups excluding carboxylic acids is 3. The first-order chi connectivity index (χ1) is 18.5. The number of furan rings is 1. The maximum Gasteiger partial charge on any atom is 0.287 e. The molecule has 1 aliphatic heterocycles. The summed E-state index contributed by atoms with van der Waals surface area (Å²) in [5, 5.41) is 5.23. The highest BCUT2D eigenvalue weighted by Gasteiger charge is 2.35. The van der Waals surface area contributed by atoms with Gasteiger partial charge >= 0.3 is 0 Å². The summed E-state index contributed by atoms with van der Waals surface area (Å²) in [6.07, 6.45) is 2.10. The Labute approximate surface area is 223 Å². The number of rotatable bonds is 8. The molecule has 208 valence electrons. The molecule has 4 rings (SSSR count). The van der Waals surface area contributed by atoms with Gasteiger partial charge < -0.3 is 15.1 Å². The van der Waals surface area contributed by atoms with E-state index >= 15 is 0 Å². The molecular formula is C26H28F2N4O6S. The fraction of sp³-hybridized carbons (Fsp3) is 0.385.